The van der Waals surface area contributed by atoms with Gasteiger partial charge in [-0.15, -0.1) is 0 Å². The van der Waals surface area contributed by atoms with Gasteiger partial charge in [-0.3, -0.25) is 0 Å². The summed E-state index contributed by atoms with van der Waals surface area (Å²) in [5.74, 6) is 0. The quantitative estimate of drug-likeness (QED) is 0.853. The van der Waals surface area contributed by atoms with Crippen LogP contribution in [0.5, 0.6) is 0 Å². The lowest BCUT2D eigenvalue weighted by Crippen LogP contribution is -2.23. The normalized spacial score (nSPS) is 12.3. The van der Waals surface area contributed by atoms with Crippen LogP contribution in [0.15, 0.2) is 29.2 Å². The summed E-state index contributed by atoms with van der Waals surface area (Å²) < 4.78 is 48.7. The Morgan fingerprint density at radius 3 is 2.56 bits per heavy atom. The van der Waals surface area contributed by atoms with Gasteiger partial charge < -0.3 is 5.32 Å². The van der Waals surface area contributed by atoms with Gasteiger partial charge in [-0.05, 0) is 17.7 Å². The molecular formula is C11H16F2N2O2S. The number of halogens is 2. The van der Waals surface area contributed by atoms with Gasteiger partial charge in [-0.2, -0.15) is 0 Å². The van der Waals surface area contributed by atoms with E-state index in [0.29, 0.717) is 5.56 Å². The van der Waals surface area contributed by atoms with E-state index < -0.39 is 23.0 Å². The minimum atomic E-state index is -3.48. The highest BCUT2D eigenvalue weighted by molar-refractivity contribution is 7.89. The summed E-state index contributed by atoms with van der Waals surface area (Å²) in [5.41, 5.74) is 0.651. The zero-order chi connectivity index (χ0) is 13.8. The van der Waals surface area contributed by atoms with Crippen molar-refractivity contribution < 1.29 is 17.2 Å². The molecule has 0 heterocycles. The molecule has 102 valence electrons. The topological polar surface area (TPSA) is 49.4 Å². The van der Waals surface area contributed by atoms with Gasteiger partial charge in [-0.1, -0.05) is 12.1 Å². The third-order valence-corrected chi connectivity index (χ3v) is 4.12. The van der Waals surface area contributed by atoms with E-state index >= 15 is 0 Å². The van der Waals surface area contributed by atoms with E-state index in [1.807, 2.05) is 0 Å². The predicted octanol–water partition coefficient (Wildman–Crippen LogP) is 1.29. The number of hydrogen-bond acceptors (Lipinski definition) is 3. The van der Waals surface area contributed by atoms with Crippen molar-refractivity contribution in [3.05, 3.63) is 29.8 Å². The molecule has 0 atom stereocenters. The first-order valence-corrected chi connectivity index (χ1v) is 6.78. The van der Waals surface area contributed by atoms with E-state index in [4.69, 9.17) is 0 Å². The van der Waals surface area contributed by atoms with Gasteiger partial charge in [-0.25, -0.2) is 21.5 Å². The molecule has 0 radical (unpaired) electrons. The molecule has 1 aromatic carbocycles. The second-order valence-electron chi connectivity index (χ2n) is 3.96. The summed E-state index contributed by atoms with van der Waals surface area (Å²) in [7, 11) is -0.600. The van der Waals surface area contributed by atoms with Crippen LogP contribution in [0.3, 0.4) is 0 Å². The highest BCUT2D eigenvalue weighted by Gasteiger charge is 2.16. The Balaban J connectivity index is 2.80. The van der Waals surface area contributed by atoms with Crippen LogP contribution in [0.25, 0.3) is 0 Å². The number of rotatable bonds is 6. The largest absolute Gasteiger partial charge is 0.307 e. The fourth-order valence-corrected chi connectivity index (χ4v) is 2.32. The molecule has 0 spiro atoms. The van der Waals surface area contributed by atoms with Gasteiger partial charge in [0.2, 0.25) is 10.0 Å². The molecular weight excluding hydrogens is 262 g/mol. The Bertz CT molecular complexity index is 490. The van der Waals surface area contributed by atoms with E-state index in [0.717, 1.165) is 4.31 Å². The standard InChI is InChI=1S/C11H16F2N2O2S/c1-15(2)18(16,17)10-5-3-4-9(6-10)7-14-8-11(12)13/h3-6,11,14H,7-8H2,1-2H3. The van der Waals surface area contributed by atoms with Crippen LogP contribution < -0.4 is 5.32 Å². The summed E-state index contributed by atoms with van der Waals surface area (Å²) in [4.78, 5) is 0.156. The monoisotopic (exact) mass is 278 g/mol. The SMILES string of the molecule is CN(C)S(=O)(=O)c1cccc(CNCC(F)F)c1. The van der Waals surface area contributed by atoms with Crippen LogP contribution in [-0.2, 0) is 16.6 Å². The van der Waals surface area contributed by atoms with Gasteiger partial charge in [0.1, 0.15) is 0 Å². The molecule has 0 fully saturated rings. The Morgan fingerprint density at radius 2 is 2.00 bits per heavy atom. The van der Waals surface area contributed by atoms with E-state index in [9.17, 15) is 17.2 Å². The molecule has 0 aliphatic rings. The molecule has 18 heavy (non-hydrogen) atoms. The number of nitrogens with zero attached hydrogens (tertiary/aromatic N) is 1. The average Bonchev–Trinajstić information content (AvgIpc) is 2.28. The lowest BCUT2D eigenvalue weighted by molar-refractivity contribution is 0.145. The van der Waals surface area contributed by atoms with Crippen molar-refractivity contribution >= 4 is 10.0 Å². The smallest absolute Gasteiger partial charge is 0.250 e. The van der Waals surface area contributed by atoms with Crippen LogP contribution in [-0.4, -0.2) is 39.8 Å². The third-order valence-electron chi connectivity index (χ3n) is 2.30. The first-order valence-electron chi connectivity index (χ1n) is 5.34. The van der Waals surface area contributed by atoms with Gasteiger partial charge in [0.05, 0.1) is 11.4 Å². The molecule has 0 amide bonds. The van der Waals surface area contributed by atoms with Gasteiger partial charge in [0, 0.05) is 20.6 Å². The Hall–Kier alpha value is -1.05. The van der Waals surface area contributed by atoms with Crippen molar-refractivity contribution in [2.24, 2.45) is 0 Å². The molecule has 7 heteroatoms. The first kappa shape index (κ1) is 15.0. The maximum absolute atomic E-state index is 11.9. The molecule has 4 nitrogen and oxygen atoms in total. The van der Waals surface area contributed by atoms with Gasteiger partial charge >= 0.3 is 0 Å². The van der Waals surface area contributed by atoms with E-state index in [1.165, 1.54) is 26.2 Å². The van der Waals surface area contributed by atoms with Crippen molar-refractivity contribution in [1.29, 1.82) is 0 Å². The van der Waals surface area contributed by atoms with Crippen molar-refractivity contribution in [3.63, 3.8) is 0 Å². The molecule has 0 saturated carbocycles. The molecule has 0 aliphatic carbocycles. The summed E-state index contributed by atoms with van der Waals surface area (Å²) in [5, 5.41) is 2.55. The minimum Gasteiger partial charge on any atom is -0.307 e. The molecule has 0 aliphatic heterocycles. The Morgan fingerprint density at radius 1 is 1.33 bits per heavy atom. The maximum atomic E-state index is 11.9. The number of hydrogen-bond donors (Lipinski definition) is 1. The fourth-order valence-electron chi connectivity index (χ4n) is 1.35. The van der Waals surface area contributed by atoms with Crippen LogP contribution >= 0.6 is 0 Å². The summed E-state index contributed by atoms with van der Waals surface area (Å²) in [6.45, 7) is -0.203. The lowest BCUT2D eigenvalue weighted by Gasteiger charge is -2.12. The second kappa shape index (κ2) is 6.21. The van der Waals surface area contributed by atoms with Gasteiger partial charge in [0.25, 0.3) is 6.43 Å². The zero-order valence-corrected chi connectivity index (χ0v) is 11.0. The van der Waals surface area contributed by atoms with E-state index in [1.54, 1.807) is 12.1 Å². The minimum absolute atomic E-state index is 0.156. The van der Waals surface area contributed by atoms with E-state index in [-0.39, 0.29) is 11.4 Å². The Kier molecular flexibility index (Phi) is 5.18. The van der Waals surface area contributed by atoms with Crippen molar-refractivity contribution in [2.75, 3.05) is 20.6 Å². The van der Waals surface area contributed by atoms with Crippen LogP contribution in [0, 0.1) is 0 Å². The molecule has 0 unspecified atom stereocenters. The average molecular weight is 278 g/mol. The third kappa shape index (κ3) is 4.01. The molecule has 0 bridgehead atoms. The number of nitrogens with one attached hydrogen (secondary N) is 1. The van der Waals surface area contributed by atoms with Crippen molar-refractivity contribution in [3.8, 4) is 0 Å². The number of alkyl halides is 2. The lowest BCUT2D eigenvalue weighted by atomic mass is 10.2. The van der Waals surface area contributed by atoms with Crippen molar-refractivity contribution in [2.45, 2.75) is 17.9 Å². The number of sulfonamides is 1. The number of benzene rings is 1. The van der Waals surface area contributed by atoms with E-state index in [2.05, 4.69) is 5.32 Å². The van der Waals surface area contributed by atoms with Crippen LogP contribution in [0.4, 0.5) is 8.78 Å². The fraction of sp³-hybridized carbons (Fsp3) is 0.455. The van der Waals surface area contributed by atoms with Gasteiger partial charge in [0.15, 0.2) is 0 Å². The maximum Gasteiger partial charge on any atom is 0.250 e. The first-order chi connectivity index (χ1) is 8.34. The molecule has 0 aromatic heterocycles. The predicted molar refractivity (Wildman–Crippen MR) is 65.0 cm³/mol. The highest BCUT2D eigenvalue weighted by atomic mass is 32.2. The molecule has 0 saturated heterocycles. The van der Waals surface area contributed by atoms with Crippen LogP contribution in [0.2, 0.25) is 0 Å². The highest BCUT2D eigenvalue weighted by Crippen LogP contribution is 2.14. The molecule has 1 aromatic rings. The van der Waals surface area contributed by atoms with Crippen LogP contribution in [0.1, 0.15) is 5.56 Å². The molecule has 1 N–H and O–H groups in total. The summed E-state index contributed by atoms with van der Waals surface area (Å²) in [6, 6.07) is 6.24. The van der Waals surface area contributed by atoms with Crippen molar-refractivity contribution in [1.82, 2.24) is 9.62 Å². The second-order valence-corrected chi connectivity index (χ2v) is 6.11. The zero-order valence-electron chi connectivity index (χ0n) is 10.2. The summed E-state index contributed by atoms with van der Waals surface area (Å²) in [6.07, 6.45) is -2.42. The summed E-state index contributed by atoms with van der Waals surface area (Å²) >= 11 is 0. The molecule has 1 rings (SSSR count). The Labute approximate surface area is 106 Å².